The molecule has 6 nitrogen and oxygen atoms in total. The van der Waals surface area contributed by atoms with Crippen molar-refractivity contribution >= 4 is 17.6 Å². The zero-order chi connectivity index (χ0) is 22.1. The van der Waals surface area contributed by atoms with E-state index in [-0.39, 0.29) is 17.3 Å². The molecule has 0 aliphatic carbocycles. The monoisotopic (exact) mass is 421 g/mol. The fourth-order valence-electron chi connectivity index (χ4n) is 4.08. The minimum Gasteiger partial charge on any atom is -0.478 e. The predicted molar refractivity (Wildman–Crippen MR) is 117 cm³/mol. The number of aromatic carboxylic acids is 1. The lowest BCUT2D eigenvalue weighted by Crippen LogP contribution is -2.48. The minimum atomic E-state index is -1.03. The van der Waals surface area contributed by atoms with Gasteiger partial charge in [-0.05, 0) is 68.4 Å². The second kappa shape index (κ2) is 8.26. The first-order chi connectivity index (χ1) is 14.8. The molecule has 0 atom stereocenters. The van der Waals surface area contributed by atoms with Crippen LogP contribution in [-0.4, -0.2) is 52.6 Å². The van der Waals surface area contributed by atoms with Crippen molar-refractivity contribution in [3.63, 3.8) is 0 Å². The highest BCUT2D eigenvalue weighted by atomic mass is 19.1. The van der Waals surface area contributed by atoms with Crippen molar-refractivity contribution in [1.29, 1.82) is 0 Å². The number of hydrogen-bond acceptors (Lipinski definition) is 3. The molecule has 7 heteroatoms. The second-order valence-corrected chi connectivity index (χ2v) is 7.74. The third kappa shape index (κ3) is 4.03. The van der Waals surface area contributed by atoms with E-state index in [0.29, 0.717) is 37.4 Å². The molecule has 0 unspecified atom stereocenters. The number of aromatic nitrogens is 1. The van der Waals surface area contributed by atoms with Gasteiger partial charge in [0, 0.05) is 48.8 Å². The first-order valence-electron chi connectivity index (χ1n) is 10.2. The highest BCUT2D eigenvalue weighted by molar-refractivity contribution is 5.98. The average Bonchev–Trinajstić information content (AvgIpc) is 3.11. The number of piperazine rings is 1. The first-order valence-corrected chi connectivity index (χ1v) is 10.2. The van der Waals surface area contributed by atoms with E-state index in [1.54, 1.807) is 29.2 Å². The van der Waals surface area contributed by atoms with E-state index in [0.717, 1.165) is 17.1 Å². The Hall–Kier alpha value is -3.61. The lowest BCUT2D eigenvalue weighted by atomic mass is 10.1. The Bertz CT molecular complexity index is 1110. The van der Waals surface area contributed by atoms with E-state index in [1.807, 2.05) is 30.5 Å². The van der Waals surface area contributed by atoms with E-state index >= 15 is 0 Å². The molecular formula is C24H24FN3O3. The van der Waals surface area contributed by atoms with Crippen LogP contribution in [0.5, 0.6) is 0 Å². The lowest BCUT2D eigenvalue weighted by molar-refractivity contribution is 0.0693. The van der Waals surface area contributed by atoms with Crippen LogP contribution in [0.25, 0.3) is 5.69 Å². The topological polar surface area (TPSA) is 65.8 Å². The summed E-state index contributed by atoms with van der Waals surface area (Å²) >= 11 is 0. The molecule has 1 fully saturated rings. The number of aryl methyl sites for hydroxylation is 2. The Morgan fingerprint density at radius 2 is 1.48 bits per heavy atom. The second-order valence-electron chi connectivity index (χ2n) is 7.74. The number of carboxylic acid groups (broad SMARTS) is 1. The van der Waals surface area contributed by atoms with Gasteiger partial charge in [0.1, 0.15) is 5.82 Å². The fraction of sp³-hybridized carbons (Fsp3) is 0.250. The van der Waals surface area contributed by atoms with Gasteiger partial charge >= 0.3 is 5.97 Å². The van der Waals surface area contributed by atoms with Gasteiger partial charge < -0.3 is 19.5 Å². The molecule has 0 saturated carbocycles. The van der Waals surface area contributed by atoms with Crippen LogP contribution in [0.2, 0.25) is 0 Å². The van der Waals surface area contributed by atoms with E-state index in [2.05, 4.69) is 4.90 Å². The van der Waals surface area contributed by atoms with Crippen LogP contribution in [0.4, 0.5) is 10.1 Å². The van der Waals surface area contributed by atoms with Crippen LogP contribution in [0.1, 0.15) is 32.1 Å². The molecule has 0 bridgehead atoms. The Morgan fingerprint density at radius 1 is 0.871 bits per heavy atom. The van der Waals surface area contributed by atoms with Crippen LogP contribution in [0.3, 0.4) is 0 Å². The zero-order valence-electron chi connectivity index (χ0n) is 17.5. The standard InChI is InChI=1S/C24H24FN3O3/c1-16-3-4-17(2)28(16)22-15-18(5-10-21(22)24(30)31)23(29)27-13-11-26(12-14-27)20-8-6-19(25)7-9-20/h3-10,15H,11-14H2,1-2H3,(H,30,31). The smallest absolute Gasteiger partial charge is 0.337 e. The molecule has 1 aromatic heterocycles. The van der Waals surface area contributed by atoms with Crippen molar-refractivity contribution in [1.82, 2.24) is 9.47 Å². The maximum absolute atomic E-state index is 13.2. The summed E-state index contributed by atoms with van der Waals surface area (Å²) in [5, 5.41) is 9.64. The van der Waals surface area contributed by atoms with Crippen molar-refractivity contribution in [2.24, 2.45) is 0 Å². The van der Waals surface area contributed by atoms with Crippen LogP contribution in [-0.2, 0) is 0 Å². The number of rotatable bonds is 4. The summed E-state index contributed by atoms with van der Waals surface area (Å²) in [4.78, 5) is 28.8. The number of carbonyl (C=O) groups is 2. The summed E-state index contributed by atoms with van der Waals surface area (Å²) in [5.41, 5.74) is 3.83. The van der Waals surface area contributed by atoms with Crippen LogP contribution in [0.15, 0.2) is 54.6 Å². The maximum Gasteiger partial charge on any atom is 0.337 e. The SMILES string of the molecule is Cc1ccc(C)n1-c1cc(C(=O)N2CCN(c3ccc(F)cc3)CC2)ccc1C(=O)O. The normalized spacial score (nSPS) is 14.0. The predicted octanol–water partition coefficient (Wildman–Crippen LogP) is 3.89. The van der Waals surface area contributed by atoms with E-state index in [4.69, 9.17) is 0 Å². The molecule has 1 aliphatic heterocycles. The zero-order valence-corrected chi connectivity index (χ0v) is 17.5. The molecule has 3 aromatic rings. The molecule has 4 rings (SSSR count). The van der Waals surface area contributed by atoms with Gasteiger partial charge in [0.2, 0.25) is 0 Å². The van der Waals surface area contributed by atoms with Gasteiger partial charge in [-0.3, -0.25) is 4.79 Å². The summed E-state index contributed by atoms with van der Waals surface area (Å²) in [5.74, 6) is -1.43. The summed E-state index contributed by atoms with van der Waals surface area (Å²) in [6, 6.07) is 14.9. The molecule has 1 saturated heterocycles. The number of amides is 1. The number of hydrogen-bond donors (Lipinski definition) is 1. The van der Waals surface area contributed by atoms with Crippen LogP contribution in [0, 0.1) is 19.7 Å². The van der Waals surface area contributed by atoms with Crippen molar-refractivity contribution in [2.75, 3.05) is 31.1 Å². The van der Waals surface area contributed by atoms with Gasteiger partial charge in [0.15, 0.2) is 0 Å². The Kier molecular flexibility index (Phi) is 5.50. The number of halogens is 1. The summed E-state index contributed by atoms with van der Waals surface area (Å²) in [6.45, 7) is 6.17. The van der Waals surface area contributed by atoms with Crippen molar-refractivity contribution in [2.45, 2.75) is 13.8 Å². The average molecular weight is 421 g/mol. The number of nitrogens with zero attached hydrogens (tertiary/aromatic N) is 3. The Labute approximate surface area is 180 Å². The largest absolute Gasteiger partial charge is 0.478 e. The number of anilines is 1. The van der Waals surface area contributed by atoms with E-state index < -0.39 is 5.97 Å². The highest BCUT2D eigenvalue weighted by Gasteiger charge is 2.24. The van der Waals surface area contributed by atoms with Crippen LogP contribution < -0.4 is 4.90 Å². The Balaban J connectivity index is 1.56. The molecule has 1 amide bonds. The molecule has 160 valence electrons. The van der Waals surface area contributed by atoms with Crippen molar-refractivity contribution < 1.29 is 19.1 Å². The summed E-state index contributed by atoms with van der Waals surface area (Å²) in [7, 11) is 0. The van der Waals surface area contributed by atoms with Gasteiger partial charge in [-0.15, -0.1) is 0 Å². The molecule has 31 heavy (non-hydrogen) atoms. The number of carbonyl (C=O) groups excluding carboxylic acids is 1. The molecule has 0 radical (unpaired) electrons. The molecule has 1 aliphatic rings. The molecule has 0 spiro atoms. The molecule has 2 aromatic carbocycles. The maximum atomic E-state index is 13.2. The lowest BCUT2D eigenvalue weighted by Gasteiger charge is -2.36. The summed E-state index contributed by atoms with van der Waals surface area (Å²) < 4.78 is 15.0. The van der Waals surface area contributed by atoms with Crippen LogP contribution >= 0.6 is 0 Å². The quantitative estimate of drug-likeness (QED) is 0.694. The molecule has 1 N–H and O–H groups in total. The van der Waals surface area contributed by atoms with Crippen molar-refractivity contribution in [3.8, 4) is 5.69 Å². The highest BCUT2D eigenvalue weighted by Crippen LogP contribution is 2.24. The fourth-order valence-corrected chi connectivity index (χ4v) is 4.08. The number of benzene rings is 2. The van der Waals surface area contributed by atoms with Gasteiger partial charge in [0.05, 0.1) is 11.3 Å². The third-order valence-corrected chi connectivity index (χ3v) is 5.75. The third-order valence-electron chi connectivity index (χ3n) is 5.75. The van der Waals surface area contributed by atoms with Gasteiger partial charge in [0.25, 0.3) is 5.91 Å². The van der Waals surface area contributed by atoms with Gasteiger partial charge in [-0.2, -0.15) is 0 Å². The minimum absolute atomic E-state index is 0.126. The molecule has 2 heterocycles. The Morgan fingerprint density at radius 3 is 2.06 bits per heavy atom. The van der Waals surface area contributed by atoms with E-state index in [9.17, 15) is 19.1 Å². The number of carboxylic acids is 1. The molecular weight excluding hydrogens is 397 g/mol. The van der Waals surface area contributed by atoms with Gasteiger partial charge in [-0.1, -0.05) is 0 Å². The summed E-state index contributed by atoms with van der Waals surface area (Å²) in [6.07, 6.45) is 0. The van der Waals surface area contributed by atoms with Crippen molar-refractivity contribution in [3.05, 3.63) is 82.9 Å². The van der Waals surface area contributed by atoms with E-state index in [1.165, 1.54) is 18.2 Å². The van der Waals surface area contributed by atoms with Gasteiger partial charge in [-0.25, -0.2) is 9.18 Å². The first kappa shape index (κ1) is 20.7.